The molecule has 0 aromatic rings. The van der Waals surface area contributed by atoms with Gasteiger partial charge in [-0.15, -0.1) is 0 Å². The second-order valence-corrected chi connectivity index (χ2v) is 3.99. The number of rotatable bonds is 2. The minimum absolute atomic E-state index is 0.0284. The Balaban J connectivity index is 2.80. The van der Waals surface area contributed by atoms with Crippen LogP contribution in [0, 0.1) is 5.92 Å². The highest BCUT2D eigenvalue weighted by molar-refractivity contribution is 5.05. The van der Waals surface area contributed by atoms with Crippen molar-refractivity contribution in [2.45, 2.75) is 38.5 Å². The summed E-state index contributed by atoms with van der Waals surface area (Å²) in [5.41, 5.74) is 6.05. The van der Waals surface area contributed by atoms with Crippen LogP contribution in [0.5, 0.6) is 0 Å². The number of nitrogens with one attached hydrogen (secondary N) is 1. The van der Waals surface area contributed by atoms with Crippen LogP contribution in [-0.4, -0.2) is 31.3 Å². The lowest BCUT2D eigenvalue weighted by Gasteiger charge is -2.36. The third-order valence-electron chi connectivity index (χ3n) is 3.18. The molecule has 1 aliphatic heterocycles. The van der Waals surface area contributed by atoms with Gasteiger partial charge in [-0.3, -0.25) is 0 Å². The van der Waals surface area contributed by atoms with Crippen molar-refractivity contribution in [3.8, 4) is 0 Å². The normalized spacial score (nSPS) is 42.5. The fourth-order valence-electron chi connectivity index (χ4n) is 1.97. The first-order valence-electron chi connectivity index (χ1n) is 4.60. The van der Waals surface area contributed by atoms with Crippen molar-refractivity contribution in [1.82, 2.24) is 5.32 Å². The molecular weight excluding hydrogens is 152 g/mol. The van der Waals surface area contributed by atoms with Gasteiger partial charge in [-0.2, -0.15) is 0 Å². The van der Waals surface area contributed by atoms with E-state index in [2.05, 4.69) is 19.2 Å². The Bertz CT molecular complexity index is 161. The van der Waals surface area contributed by atoms with Gasteiger partial charge in [-0.25, -0.2) is 0 Å². The molecule has 1 rings (SSSR count). The molecule has 3 nitrogen and oxygen atoms in total. The number of nitrogens with two attached hydrogens (primary N) is 1. The first-order chi connectivity index (χ1) is 5.54. The van der Waals surface area contributed by atoms with Crippen LogP contribution in [-0.2, 0) is 4.74 Å². The third kappa shape index (κ3) is 1.26. The number of likely N-dealkylation sites (N-methyl/N-ethyl adjacent to an activating group) is 1. The minimum atomic E-state index is -0.0284. The van der Waals surface area contributed by atoms with Gasteiger partial charge in [0.25, 0.3) is 0 Å². The van der Waals surface area contributed by atoms with Crippen molar-refractivity contribution in [3.05, 3.63) is 0 Å². The molecule has 3 atom stereocenters. The lowest BCUT2D eigenvalue weighted by Crippen LogP contribution is -2.61. The van der Waals surface area contributed by atoms with Gasteiger partial charge in [0, 0.05) is 0 Å². The molecule has 0 radical (unpaired) electrons. The van der Waals surface area contributed by atoms with Gasteiger partial charge in [0.1, 0.15) is 0 Å². The van der Waals surface area contributed by atoms with Crippen molar-refractivity contribution < 1.29 is 4.74 Å². The molecule has 1 saturated heterocycles. The average Bonchev–Trinajstić information content (AvgIpc) is 2.31. The molecule has 0 amide bonds. The minimum Gasteiger partial charge on any atom is -0.375 e. The zero-order chi connectivity index (χ0) is 9.35. The summed E-state index contributed by atoms with van der Waals surface area (Å²) >= 11 is 0. The predicted octanol–water partition coefficient (Wildman–Crippen LogP) is 0.347. The Labute approximate surface area is 74.7 Å². The largest absolute Gasteiger partial charge is 0.375 e. The van der Waals surface area contributed by atoms with Gasteiger partial charge in [0.2, 0.25) is 0 Å². The van der Waals surface area contributed by atoms with Crippen molar-refractivity contribution in [3.63, 3.8) is 0 Å². The van der Waals surface area contributed by atoms with E-state index in [0.717, 1.165) is 6.61 Å². The molecule has 0 spiro atoms. The maximum atomic E-state index is 6.08. The van der Waals surface area contributed by atoms with Crippen LogP contribution in [0.15, 0.2) is 0 Å². The smallest absolute Gasteiger partial charge is 0.0717 e. The van der Waals surface area contributed by atoms with Crippen LogP contribution < -0.4 is 11.1 Å². The lowest BCUT2D eigenvalue weighted by atomic mass is 9.81. The van der Waals surface area contributed by atoms with E-state index in [-0.39, 0.29) is 17.7 Å². The molecule has 3 heteroatoms. The fraction of sp³-hybridized carbons (Fsp3) is 1.00. The second kappa shape index (κ2) is 3.32. The van der Waals surface area contributed by atoms with Gasteiger partial charge in [-0.1, -0.05) is 13.8 Å². The van der Waals surface area contributed by atoms with E-state index in [9.17, 15) is 0 Å². The molecular formula is C9H20N2O. The van der Waals surface area contributed by atoms with Crippen LogP contribution in [0.25, 0.3) is 0 Å². The maximum absolute atomic E-state index is 6.08. The van der Waals surface area contributed by atoms with Crippen molar-refractivity contribution in [2.24, 2.45) is 11.7 Å². The number of ether oxygens (including phenoxy) is 1. The van der Waals surface area contributed by atoms with Crippen LogP contribution in [0.2, 0.25) is 0 Å². The second-order valence-electron chi connectivity index (χ2n) is 3.99. The molecule has 0 aromatic heterocycles. The van der Waals surface area contributed by atoms with Crippen molar-refractivity contribution in [1.29, 1.82) is 0 Å². The standard InChI is InChI=1S/C9H20N2O/c1-6(2)9(11-4)5-12-7(3)8(9)10/h6-8,11H,5,10H2,1-4H3/t7-,8+,9?/m0/s1. The van der Waals surface area contributed by atoms with Gasteiger partial charge in [0.05, 0.1) is 24.3 Å². The lowest BCUT2D eigenvalue weighted by molar-refractivity contribution is 0.105. The summed E-state index contributed by atoms with van der Waals surface area (Å²) < 4.78 is 5.55. The van der Waals surface area contributed by atoms with E-state index >= 15 is 0 Å². The van der Waals surface area contributed by atoms with Crippen LogP contribution in [0.3, 0.4) is 0 Å². The van der Waals surface area contributed by atoms with Gasteiger partial charge < -0.3 is 15.8 Å². The maximum Gasteiger partial charge on any atom is 0.0717 e. The molecule has 0 aliphatic carbocycles. The summed E-state index contributed by atoms with van der Waals surface area (Å²) in [5, 5.41) is 3.31. The molecule has 0 aromatic carbocycles. The fourth-order valence-corrected chi connectivity index (χ4v) is 1.97. The van der Waals surface area contributed by atoms with Crippen LogP contribution >= 0.6 is 0 Å². The van der Waals surface area contributed by atoms with E-state index in [0.29, 0.717) is 5.92 Å². The Morgan fingerprint density at radius 2 is 2.17 bits per heavy atom. The predicted molar refractivity (Wildman–Crippen MR) is 50.0 cm³/mol. The SMILES string of the molecule is CNC1(C(C)C)CO[C@@H](C)[C@H]1N. The third-order valence-corrected chi connectivity index (χ3v) is 3.18. The quantitative estimate of drug-likeness (QED) is 0.631. The molecule has 1 heterocycles. The number of hydrogen-bond acceptors (Lipinski definition) is 3. The monoisotopic (exact) mass is 172 g/mol. The van der Waals surface area contributed by atoms with Gasteiger partial charge >= 0.3 is 0 Å². The van der Waals surface area contributed by atoms with E-state index in [1.807, 2.05) is 14.0 Å². The van der Waals surface area contributed by atoms with Crippen LogP contribution in [0.1, 0.15) is 20.8 Å². The molecule has 1 unspecified atom stereocenters. The first-order valence-corrected chi connectivity index (χ1v) is 4.60. The van der Waals surface area contributed by atoms with E-state index < -0.39 is 0 Å². The highest BCUT2D eigenvalue weighted by atomic mass is 16.5. The van der Waals surface area contributed by atoms with E-state index in [1.54, 1.807) is 0 Å². The Hall–Kier alpha value is -0.120. The van der Waals surface area contributed by atoms with Crippen molar-refractivity contribution in [2.75, 3.05) is 13.7 Å². The zero-order valence-electron chi connectivity index (χ0n) is 8.42. The van der Waals surface area contributed by atoms with Gasteiger partial charge in [-0.05, 0) is 19.9 Å². The average molecular weight is 172 g/mol. The van der Waals surface area contributed by atoms with E-state index in [1.165, 1.54) is 0 Å². The Morgan fingerprint density at radius 1 is 1.58 bits per heavy atom. The summed E-state index contributed by atoms with van der Waals surface area (Å²) in [7, 11) is 1.96. The Morgan fingerprint density at radius 3 is 2.33 bits per heavy atom. The molecule has 0 saturated carbocycles. The molecule has 1 fully saturated rings. The van der Waals surface area contributed by atoms with Gasteiger partial charge in [0.15, 0.2) is 0 Å². The first kappa shape index (κ1) is 9.96. The summed E-state index contributed by atoms with van der Waals surface area (Å²) in [6, 6.07) is 0.0995. The molecule has 1 aliphatic rings. The molecule has 0 bridgehead atoms. The highest BCUT2D eigenvalue weighted by Crippen LogP contribution is 2.29. The van der Waals surface area contributed by atoms with E-state index in [4.69, 9.17) is 10.5 Å². The molecule has 72 valence electrons. The summed E-state index contributed by atoms with van der Waals surface area (Å²) in [5.74, 6) is 0.502. The topological polar surface area (TPSA) is 47.3 Å². The summed E-state index contributed by atoms with van der Waals surface area (Å²) in [4.78, 5) is 0. The Kier molecular flexibility index (Phi) is 2.76. The summed E-state index contributed by atoms with van der Waals surface area (Å²) in [6.45, 7) is 7.12. The molecule has 3 N–H and O–H groups in total. The molecule has 12 heavy (non-hydrogen) atoms. The highest BCUT2D eigenvalue weighted by Gasteiger charge is 2.46. The number of hydrogen-bond donors (Lipinski definition) is 2. The van der Waals surface area contributed by atoms with Crippen molar-refractivity contribution >= 4 is 0 Å². The van der Waals surface area contributed by atoms with Crippen LogP contribution in [0.4, 0.5) is 0 Å². The zero-order valence-corrected chi connectivity index (χ0v) is 8.42. The summed E-state index contributed by atoms with van der Waals surface area (Å²) in [6.07, 6.45) is 0.167.